The Morgan fingerprint density at radius 1 is 1.26 bits per heavy atom. The Kier molecular flexibility index (Phi) is 4.63. The number of sulfone groups is 1. The highest BCUT2D eigenvalue weighted by Gasteiger charge is 2.30. The van der Waals surface area contributed by atoms with Gasteiger partial charge in [-0.2, -0.15) is 0 Å². The molecule has 0 saturated carbocycles. The van der Waals surface area contributed by atoms with Crippen LogP contribution < -0.4 is 5.32 Å². The van der Waals surface area contributed by atoms with Gasteiger partial charge in [-0.3, -0.25) is 0 Å². The smallest absolute Gasteiger partial charge is 0.150 e. The fourth-order valence-electron chi connectivity index (χ4n) is 3.06. The molecule has 0 spiro atoms. The predicted molar refractivity (Wildman–Crippen MR) is 79.2 cm³/mol. The lowest BCUT2D eigenvalue weighted by Crippen LogP contribution is -2.31. The summed E-state index contributed by atoms with van der Waals surface area (Å²) in [4.78, 5) is 0. The van der Waals surface area contributed by atoms with Crippen LogP contribution in [0.2, 0.25) is 0 Å². The van der Waals surface area contributed by atoms with Crippen LogP contribution in [0.4, 0.5) is 0 Å². The summed E-state index contributed by atoms with van der Waals surface area (Å²) in [6, 6.07) is 8.45. The van der Waals surface area contributed by atoms with Gasteiger partial charge in [0.15, 0.2) is 0 Å². The first-order valence-electron chi connectivity index (χ1n) is 6.94. The van der Waals surface area contributed by atoms with Crippen molar-refractivity contribution in [2.75, 3.05) is 25.1 Å². The molecule has 1 fully saturated rings. The third kappa shape index (κ3) is 3.57. The summed E-state index contributed by atoms with van der Waals surface area (Å²) in [5.41, 5.74) is 2.66. The van der Waals surface area contributed by atoms with E-state index < -0.39 is 9.84 Å². The van der Waals surface area contributed by atoms with Crippen LogP contribution in [-0.4, -0.2) is 33.5 Å². The standard InChI is InChI=1S/C15H23NO2S/c1-12-5-3-4-6-14(12)15(11-16-2)13-7-9-19(17,18)10-8-13/h3-6,13,15-16H,7-11H2,1-2H3. The molecule has 1 aliphatic heterocycles. The van der Waals surface area contributed by atoms with Crippen LogP contribution in [0.5, 0.6) is 0 Å². The molecule has 1 heterocycles. The van der Waals surface area contributed by atoms with Crippen molar-refractivity contribution in [1.29, 1.82) is 0 Å². The SMILES string of the molecule is CNCC(c1ccccc1C)C1CCS(=O)(=O)CC1. The van der Waals surface area contributed by atoms with Crippen molar-refractivity contribution < 1.29 is 8.42 Å². The third-order valence-corrected chi connectivity index (χ3v) is 5.90. The first-order valence-corrected chi connectivity index (χ1v) is 8.76. The van der Waals surface area contributed by atoms with Gasteiger partial charge >= 0.3 is 0 Å². The van der Waals surface area contributed by atoms with E-state index in [-0.39, 0.29) is 0 Å². The first kappa shape index (κ1) is 14.5. The van der Waals surface area contributed by atoms with E-state index in [9.17, 15) is 8.42 Å². The van der Waals surface area contributed by atoms with Crippen molar-refractivity contribution in [2.24, 2.45) is 5.92 Å². The molecule has 0 radical (unpaired) electrons. The lowest BCUT2D eigenvalue weighted by Gasteiger charge is -2.31. The van der Waals surface area contributed by atoms with Crippen LogP contribution >= 0.6 is 0 Å². The molecule has 1 N–H and O–H groups in total. The highest BCUT2D eigenvalue weighted by Crippen LogP contribution is 2.34. The van der Waals surface area contributed by atoms with E-state index in [2.05, 4.69) is 36.5 Å². The zero-order valence-electron chi connectivity index (χ0n) is 11.7. The highest BCUT2D eigenvalue weighted by molar-refractivity contribution is 7.91. The number of benzene rings is 1. The van der Waals surface area contributed by atoms with Gasteiger partial charge in [0.2, 0.25) is 0 Å². The van der Waals surface area contributed by atoms with E-state index in [0.717, 1.165) is 19.4 Å². The van der Waals surface area contributed by atoms with Gasteiger partial charge < -0.3 is 5.32 Å². The van der Waals surface area contributed by atoms with Gasteiger partial charge in [-0.25, -0.2) is 8.42 Å². The molecule has 1 unspecified atom stereocenters. The van der Waals surface area contributed by atoms with Gasteiger partial charge in [-0.15, -0.1) is 0 Å². The Morgan fingerprint density at radius 2 is 1.89 bits per heavy atom. The first-order chi connectivity index (χ1) is 9.03. The lowest BCUT2D eigenvalue weighted by molar-refractivity contribution is 0.375. The second kappa shape index (κ2) is 6.06. The van der Waals surface area contributed by atoms with Gasteiger partial charge in [0.25, 0.3) is 0 Å². The Bertz CT molecular complexity index is 511. The molecule has 4 heteroatoms. The summed E-state index contributed by atoms with van der Waals surface area (Å²) in [5, 5.41) is 3.26. The maximum absolute atomic E-state index is 11.6. The molecule has 19 heavy (non-hydrogen) atoms. The van der Waals surface area contributed by atoms with Crippen LogP contribution in [0.1, 0.15) is 29.9 Å². The van der Waals surface area contributed by atoms with Crippen molar-refractivity contribution in [1.82, 2.24) is 5.32 Å². The van der Waals surface area contributed by atoms with Gasteiger partial charge in [-0.05, 0) is 49.8 Å². The number of hydrogen-bond donors (Lipinski definition) is 1. The highest BCUT2D eigenvalue weighted by atomic mass is 32.2. The number of likely N-dealkylation sites (N-methyl/N-ethyl adjacent to an activating group) is 1. The Hall–Kier alpha value is -0.870. The molecule has 1 saturated heterocycles. The van der Waals surface area contributed by atoms with Crippen LogP contribution in [-0.2, 0) is 9.84 Å². The molecular formula is C15H23NO2S. The summed E-state index contributed by atoms with van der Waals surface area (Å²) in [7, 11) is -0.814. The molecular weight excluding hydrogens is 258 g/mol. The monoisotopic (exact) mass is 281 g/mol. The lowest BCUT2D eigenvalue weighted by atomic mass is 9.80. The van der Waals surface area contributed by atoms with Crippen molar-refractivity contribution in [3.05, 3.63) is 35.4 Å². The second-order valence-electron chi connectivity index (χ2n) is 5.51. The molecule has 0 amide bonds. The van der Waals surface area contributed by atoms with E-state index in [1.165, 1.54) is 11.1 Å². The van der Waals surface area contributed by atoms with Crippen LogP contribution in [0, 0.1) is 12.8 Å². The average molecular weight is 281 g/mol. The average Bonchev–Trinajstić information content (AvgIpc) is 2.38. The zero-order chi connectivity index (χ0) is 13.9. The summed E-state index contributed by atoms with van der Waals surface area (Å²) >= 11 is 0. The van der Waals surface area contributed by atoms with Crippen molar-refractivity contribution >= 4 is 9.84 Å². The fourth-order valence-corrected chi connectivity index (χ4v) is 4.59. The Morgan fingerprint density at radius 3 is 2.47 bits per heavy atom. The van der Waals surface area contributed by atoms with Crippen LogP contribution in [0.25, 0.3) is 0 Å². The minimum atomic E-state index is -2.78. The number of nitrogens with one attached hydrogen (secondary N) is 1. The van der Waals surface area contributed by atoms with Gasteiger partial charge in [0.1, 0.15) is 9.84 Å². The maximum Gasteiger partial charge on any atom is 0.150 e. The summed E-state index contributed by atoms with van der Waals surface area (Å²) in [6.07, 6.45) is 1.59. The Labute approximate surface area is 116 Å². The van der Waals surface area contributed by atoms with Crippen LogP contribution in [0.3, 0.4) is 0 Å². The van der Waals surface area contributed by atoms with E-state index in [1.54, 1.807) is 0 Å². The number of rotatable bonds is 4. The normalized spacial score (nSPS) is 21.2. The second-order valence-corrected chi connectivity index (χ2v) is 7.81. The molecule has 1 aromatic rings. The minimum absolute atomic E-state index is 0.351. The van der Waals surface area contributed by atoms with Crippen molar-refractivity contribution in [3.63, 3.8) is 0 Å². The molecule has 1 atom stereocenters. The molecule has 106 valence electrons. The van der Waals surface area contributed by atoms with E-state index in [4.69, 9.17) is 0 Å². The summed E-state index contributed by atoms with van der Waals surface area (Å²) in [6.45, 7) is 3.05. The van der Waals surface area contributed by atoms with E-state index in [1.807, 2.05) is 7.05 Å². The number of aryl methyl sites for hydroxylation is 1. The van der Waals surface area contributed by atoms with E-state index in [0.29, 0.717) is 23.3 Å². The predicted octanol–water partition coefficient (Wildman–Crippen LogP) is 2.12. The number of hydrogen-bond acceptors (Lipinski definition) is 3. The molecule has 3 nitrogen and oxygen atoms in total. The van der Waals surface area contributed by atoms with E-state index >= 15 is 0 Å². The third-order valence-electron chi connectivity index (χ3n) is 4.18. The summed E-state index contributed by atoms with van der Waals surface area (Å²) in [5.74, 6) is 1.59. The molecule has 1 aliphatic rings. The maximum atomic E-state index is 11.6. The Balaban J connectivity index is 2.19. The molecule has 1 aromatic carbocycles. The molecule has 0 aliphatic carbocycles. The van der Waals surface area contributed by atoms with Crippen molar-refractivity contribution in [3.8, 4) is 0 Å². The molecule has 2 rings (SSSR count). The molecule has 0 aromatic heterocycles. The summed E-state index contributed by atoms with van der Waals surface area (Å²) < 4.78 is 23.1. The van der Waals surface area contributed by atoms with Gasteiger partial charge in [-0.1, -0.05) is 24.3 Å². The van der Waals surface area contributed by atoms with Crippen LogP contribution in [0.15, 0.2) is 24.3 Å². The largest absolute Gasteiger partial charge is 0.319 e. The quantitative estimate of drug-likeness (QED) is 0.919. The van der Waals surface area contributed by atoms with Crippen molar-refractivity contribution in [2.45, 2.75) is 25.7 Å². The van der Waals surface area contributed by atoms with Gasteiger partial charge in [0, 0.05) is 6.54 Å². The molecule has 0 bridgehead atoms. The fraction of sp³-hybridized carbons (Fsp3) is 0.600. The topological polar surface area (TPSA) is 46.2 Å². The van der Waals surface area contributed by atoms with Gasteiger partial charge in [0.05, 0.1) is 11.5 Å². The minimum Gasteiger partial charge on any atom is -0.319 e. The zero-order valence-corrected chi connectivity index (χ0v) is 12.5.